The summed E-state index contributed by atoms with van der Waals surface area (Å²) in [5.41, 5.74) is 4.87. The van der Waals surface area contributed by atoms with Crippen molar-refractivity contribution in [3.63, 3.8) is 0 Å². The zero-order chi connectivity index (χ0) is 37.1. The Morgan fingerprint density at radius 2 is 1.55 bits per heavy atom. The molecular formula is C41H34N4O7S. The normalized spacial score (nSPS) is 14.0. The SMILES string of the molecule is COC(=O)c1ccc(C2C(C(=O)OCc3ccccc3)=C(C)N=c3sc(=Cc4cn(-c5ccccc5)nc4-c4ccc(OC)c(OC)c4)c(=O)n32)cc1. The molecule has 7 rings (SSSR count). The molecule has 1 aliphatic rings. The lowest BCUT2D eigenvalue weighted by atomic mass is 9.95. The molecule has 0 saturated heterocycles. The van der Waals surface area contributed by atoms with E-state index in [-0.39, 0.29) is 17.7 Å². The molecule has 6 aromatic rings. The lowest BCUT2D eigenvalue weighted by molar-refractivity contribution is -0.140. The van der Waals surface area contributed by atoms with Crippen molar-refractivity contribution in [3.8, 4) is 28.4 Å². The molecule has 53 heavy (non-hydrogen) atoms. The first-order valence-electron chi connectivity index (χ1n) is 16.6. The Bertz CT molecular complexity index is 2540. The Kier molecular flexibility index (Phi) is 9.87. The maximum Gasteiger partial charge on any atom is 0.338 e. The van der Waals surface area contributed by atoms with Gasteiger partial charge in [-0.2, -0.15) is 5.10 Å². The second-order valence-electron chi connectivity index (χ2n) is 12.0. The van der Waals surface area contributed by atoms with Crippen molar-refractivity contribution in [2.24, 2.45) is 4.99 Å². The highest BCUT2D eigenvalue weighted by Crippen LogP contribution is 2.34. The first kappa shape index (κ1) is 34.9. The number of para-hydroxylation sites is 1. The van der Waals surface area contributed by atoms with E-state index in [1.807, 2.05) is 79.0 Å². The third-order valence-electron chi connectivity index (χ3n) is 8.81. The van der Waals surface area contributed by atoms with Crippen molar-refractivity contribution < 1.29 is 28.5 Å². The monoisotopic (exact) mass is 726 g/mol. The number of ether oxygens (including phenoxy) is 4. The zero-order valence-corrected chi connectivity index (χ0v) is 30.1. The molecule has 0 saturated carbocycles. The Morgan fingerprint density at radius 3 is 2.23 bits per heavy atom. The maximum absolute atomic E-state index is 14.6. The molecule has 4 aromatic carbocycles. The summed E-state index contributed by atoms with van der Waals surface area (Å²) in [6.07, 6.45) is 3.65. The van der Waals surface area contributed by atoms with E-state index in [0.717, 1.165) is 16.8 Å². The topological polar surface area (TPSA) is 123 Å². The number of benzene rings is 4. The number of fused-ring (bicyclic) bond motifs is 1. The summed E-state index contributed by atoms with van der Waals surface area (Å²) in [5, 5.41) is 4.93. The van der Waals surface area contributed by atoms with Crippen LogP contribution >= 0.6 is 11.3 Å². The van der Waals surface area contributed by atoms with Crippen LogP contribution in [0.15, 0.2) is 130 Å². The van der Waals surface area contributed by atoms with E-state index in [1.165, 1.54) is 23.0 Å². The van der Waals surface area contributed by atoms with Gasteiger partial charge in [-0.05, 0) is 66.6 Å². The molecule has 0 spiro atoms. The fourth-order valence-corrected chi connectivity index (χ4v) is 7.21. The minimum absolute atomic E-state index is 0.0409. The van der Waals surface area contributed by atoms with Gasteiger partial charge in [-0.15, -0.1) is 0 Å². The number of carbonyl (C=O) groups is 2. The quantitative estimate of drug-likeness (QED) is 0.167. The molecule has 0 bridgehead atoms. The Balaban J connectivity index is 1.37. The predicted octanol–water partition coefficient (Wildman–Crippen LogP) is 5.64. The standard InChI is InChI=1S/C41H34N4O7S/c1-25-35(40(48)52-24-26-11-7-5-8-12-26)37(27-15-17-28(18-16-27)39(47)51-4)45-38(46)34(53-41(45)42-25)22-30-23-44(31-13-9-6-10-14-31)43-36(30)29-19-20-32(49-2)33(21-29)50-3/h5-23,37H,24H2,1-4H3. The summed E-state index contributed by atoms with van der Waals surface area (Å²) in [6, 6.07) is 30.3. The van der Waals surface area contributed by atoms with Crippen molar-refractivity contribution in [2.45, 2.75) is 19.6 Å². The minimum atomic E-state index is -0.888. The second kappa shape index (κ2) is 15.0. The highest BCUT2D eigenvalue weighted by molar-refractivity contribution is 7.07. The van der Waals surface area contributed by atoms with Crippen LogP contribution < -0.4 is 24.4 Å². The van der Waals surface area contributed by atoms with Crippen molar-refractivity contribution in [1.29, 1.82) is 0 Å². The molecule has 266 valence electrons. The van der Waals surface area contributed by atoms with E-state index in [4.69, 9.17) is 29.0 Å². The summed E-state index contributed by atoms with van der Waals surface area (Å²) in [6.45, 7) is 1.77. The van der Waals surface area contributed by atoms with Crippen LogP contribution in [0.3, 0.4) is 0 Å². The van der Waals surface area contributed by atoms with Crippen molar-refractivity contribution in [3.05, 3.63) is 163 Å². The van der Waals surface area contributed by atoms with Gasteiger partial charge in [0.15, 0.2) is 16.3 Å². The molecule has 0 N–H and O–H groups in total. The Morgan fingerprint density at radius 1 is 0.849 bits per heavy atom. The first-order chi connectivity index (χ1) is 25.8. The average molecular weight is 727 g/mol. The van der Waals surface area contributed by atoms with Crippen LogP contribution in [0.4, 0.5) is 0 Å². The molecule has 1 aliphatic heterocycles. The molecule has 0 amide bonds. The Hall–Kier alpha value is -6.53. The third-order valence-corrected chi connectivity index (χ3v) is 9.79. The fraction of sp³-hybridized carbons (Fsp3) is 0.146. The van der Waals surface area contributed by atoms with Crippen molar-refractivity contribution in [2.75, 3.05) is 21.3 Å². The van der Waals surface area contributed by atoms with Gasteiger partial charge in [-0.1, -0.05) is 72.0 Å². The lowest BCUT2D eigenvalue weighted by Gasteiger charge is -2.25. The number of carbonyl (C=O) groups excluding carboxylic acids is 2. The van der Waals surface area contributed by atoms with E-state index in [0.29, 0.717) is 48.9 Å². The van der Waals surface area contributed by atoms with Gasteiger partial charge in [0.1, 0.15) is 12.3 Å². The number of rotatable bonds is 10. The van der Waals surface area contributed by atoms with Gasteiger partial charge in [0.2, 0.25) is 0 Å². The van der Waals surface area contributed by atoms with Gasteiger partial charge >= 0.3 is 11.9 Å². The van der Waals surface area contributed by atoms with Crippen LogP contribution in [0, 0.1) is 0 Å². The average Bonchev–Trinajstić information content (AvgIpc) is 3.76. The van der Waals surface area contributed by atoms with Crippen molar-refractivity contribution in [1.82, 2.24) is 14.3 Å². The third kappa shape index (κ3) is 6.91. The van der Waals surface area contributed by atoms with Crippen LogP contribution in [0.2, 0.25) is 0 Å². The smallest absolute Gasteiger partial charge is 0.338 e. The van der Waals surface area contributed by atoms with Gasteiger partial charge in [-0.3, -0.25) is 9.36 Å². The largest absolute Gasteiger partial charge is 0.493 e. The molecular weight excluding hydrogens is 693 g/mol. The van der Waals surface area contributed by atoms with Gasteiger partial charge in [0, 0.05) is 17.3 Å². The van der Waals surface area contributed by atoms with Crippen LogP contribution in [0.25, 0.3) is 23.0 Å². The molecule has 3 heterocycles. The zero-order valence-electron chi connectivity index (χ0n) is 29.3. The fourth-order valence-electron chi connectivity index (χ4n) is 6.17. The highest BCUT2D eigenvalue weighted by Gasteiger charge is 2.34. The van der Waals surface area contributed by atoms with E-state index >= 15 is 0 Å². The van der Waals surface area contributed by atoms with Crippen LogP contribution in [-0.2, 0) is 20.9 Å². The van der Waals surface area contributed by atoms with E-state index in [1.54, 1.807) is 62.2 Å². The van der Waals surface area contributed by atoms with E-state index in [2.05, 4.69) is 0 Å². The number of nitrogens with zero attached hydrogens (tertiary/aromatic N) is 4. The molecule has 11 nitrogen and oxygen atoms in total. The van der Waals surface area contributed by atoms with Gasteiger partial charge in [0.05, 0.1) is 54.4 Å². The number of aromatic nitrogens is 3. The number of esters is 2. The van der Waals surface area contributed by atoms with E-state index in [9.17, 15) is 14.4 Å². The van der Waals surface area contributed by atoms with Gasteiger partial charge in [0.25, 0.3) is 5.56 Å². The minimum Gasteiger partial charge on any atom is -0.493 e. The van der Waals surface area contributed by atoms with Gasteiger partial charge < -0.3 is 18.9 Å². The molecule has 12 heteroatoms. The van der Waals surface area contributed by atoms with Crippen LogP contribution in [0.5, 0.6) is 11.5 Å². The Labute approximate surface area is 308 Å². The molecule has 2 aromatic heterocycles. The number of hydrogen-bond donors (Lipinski definition) is 0. The summed E-state index contributed by atoms with van der Waals surface area (Å²) in [7, 11) is 4.45. The molecule has 0 aliphatic carbocycles. The van der Waals surface area contributed by atoms with Crippen LogP contribution in [0.1, 0.15) is 40.0 Å². The molecule has 0 radical (unpaired) electrons. The highest BCUT2D eigenvalue weighted by atomic mass is 32.1. The first-order valence-corrected chi connectivity index (χ1v) is 17.4. The van der Waals surface area contributed by atoms with E-state index < -0.39 is 18.0 Å². The lowest BCUT2D eigenvalue weighted by Crippen LogP contribution is -2.39. The summed E-state index contributed by atoms with van der Waals surface area (Å²) in [5.74, 6) is -0.00558. The summed E-state index contributed by atoms with van der Waals surface area (Å²) < 4.78 is 25.4. The second-order valence-corrected chi connectivity index (χ2v) is 13.0. The predicted molar refractivity (Wildman–Crippen MR) is 200 cm³/mol. The number of hydrogen-bond acceptors (Lipinski definition) is 10. The molecule has 1 atom stereocenters. The van der Waals surface area contributed by atoms with Gasteiger partial charge in [-0.25, -0.2) is 19.3 Å². The number of allylic oxidation sites excluding steroid dienone is 1. The summed E-state index contributed by atoms with van der Waals surface area (Å²) in [4.78, 5) is 45.9. The number of thiazole rings is 1. The van der Waals surface area contributed by atoms with Crippen molar-refractivity contribution >= 4 is 29.4 Å². The maximum atomic E-state index is 14.6. The number of methoxy groups -OCH3 is 3. The summed E-state index contributed by atoms with van der Waals surface area (Å²) >= 11 is 1.20. The molecule has 1 unspecified atom stereocenters. The molecule has 0 fully saturated rings. The van der Waals surface area contributed by atoms with Crippen LogP contribution in [-0.4, -0.2) is 47.6 Å².